The first-order valence-electron chi connectivity index (χ1n) is 13.5. The molecule has 3 aromatic rings. The highest BCUT2D eigenvalue weighted by Gasteiger charge is 2.32. The number of aryl methyl sites for hydroxylation is 1. The van der Waals surface area contributed by atoms with Crippen molar-refractivity contribution in [1.82, 2.24) is 0 Å². The molecule has 0 amide bonds. The third-order valence-corrected chi connectivity index (χ3v) is 6.50. The van der Waals surface area contributed by atoms with Crippen molar-refractivity contribution < 1.29 is 23.7 Å². The maximum Gasteiger partial charge on any atom is 0.131 e. The van der Waals surface area contributed by atoms with E-state index in [9.17, 15) is 0 Å². The third-order valence-electron chi connectivity index (χ3n) is 6.50. The Hall–Kier alpha value is -2.92. The van der Waals surface area contributed by atoms with E-state index in [0.29, 0.717) is 0 Å². The van der Waals surface area contributed by atoms with Crippen LogP contribution in [0.3, 0.4) is 0 Å². The second kappa shape index (κ2) is 10.8. The second-order valence-electron chi connectivity index (χ2n) is 10.9. The van der Waals surface area contributed by atoms with Crippen LogP contribution in [0.5, 0.6) is 23.0 Å². The SMILES string of the molecule is COc1cc(C)cc2c(-c3c(OC(C)C)cc(OC(C)C)c4c3C[C@H](C)O[C@H]4C)ccc(OC(C)C)c12. The normalized spacial score (nSPS) is 17.4. The Morgan fingerprint density at radius 1 is 0.784 bits per heavy atom. The van der Waals surface area contributed by atoms with Gasteiger partial charge in [-0.3, -0.25) is 0 Å². The van der Waals surface area contributed by atoms with Gasteiger partial charge in [-0.2, -0.15) is 0 Å². The maximum atomic E-state index is 6.51. The highest BCUT2D eigenvalue weighted by atomic mass is 16.5. The molecule has 5 heteroatoms. The van der Waals surface area contributed by atoms with Crippen LogP contribution in [0.4, 0.5) is 0 Å². The fraction of sp³-hybridized carbons (Fsp3) is 0.500. The quantitative estimate of drug-likeness (QED) is 0.308. The summed E-state index contributed by atoms with van der Waals surface area (Å²) in [7, 11) is 1.72. The Kier molecular flexibility index (Phi) is 7.94. The average Bonchev–Trinajstić information content (AvgIpc) is 2.77. The first kappa shape index (κ1) is 27.1. The van der Waals surface area contributed by atoms with Crippen LogP contribution in [-0.2, 0) is 11.2 Å². The molecule has 0 spiro atoms. The average molecular weight is 507 g/mol. The predicted molar refractivity (Wildman–Crippen MR) is 151 cm³/mol. The Balaban J connectivity index is 2.13. The zero-order valence-electron chi connectivity index (χ0n) is 24.0. The Bertz CT molecular complexity index is 1270. The van der Waals surface area contributed by atoms with Gasteiger partial charge in [-0.1, -0.05) is 6.07 Å². The van der Waals surface area contributed by atoms with E-state index in [2.05, 4.69) is 78.8 Å². The topological polar surface area (TPSA) is 46.2 Å². The first-order valence-corrected chi connectivity index (χ1v) is 13.5. The van der Waals surface area contributed by atoms with Crippen molar-refractivity contribution in [2.45, 2.75) is 99.3 Å². The first-order chi connectivity index (χ1) is 17.5. The van der Waals surface area contributed by atoms with Gasteiger partial charge in [0.15, 0.2) is 0 Å². The van der Waals surface area contributed by atoms with E-state index in [-0.39, 0.29) is 30.5 Å². The number of methoxy groups -OCH3 is 1. The van der Waals surface area contributed by atoms with Gasteiger partial charge in [0.25, 0.3) is 0 Å². The van der Waals surface area contributed by atoms with Gasteiger partial charge >= 0.3 is 0 Å². The Labute approximate surface area is 222 Å². The highest BCUT2D eigenvalue weighted by molar-refractivity contribution is 6.05. The van der Waals surface area contributed by atoms with Gasteiger partial charge in [-0.25, -0.2) is 0 Å². The lowest BCUT2D eigenvalue weighted by Crippen LogP contribution is -2.25. The molecule has 1 aliphatic heterocycles. The van der Waals surface area contributed by atoms with Gasteiger partial charge in [0.05, 0.1) is 43.0 Å². The maximum absolute atomic E-state index is 6.51. The van der Waals surface area contributed by atoms with Crippen LogP contribution in [0.1, 0.15) is 78.2 Å². The molecule has 1 aliphatic rings. The van der Waals surface area contributed by atoms with Crippen molar-refractivity contribution in [2.24, 2.45) is 0 Å². The standard InChI is InChI=1S/C32H42O5/c1-17(2)34-26-12-11-23(24-13-20(7)14-27(33-10)32(24)26)31-25-15-21(8)37-22(9)30(25)28(35-18(3)4)16-29(31)36-19(5)6/h11-14,16-19,21-22H,15H2,1-10H3/t21-,22-/m0/s1. The smallest absolute Gasteiger partial charge is 0.131 e. The van der Waals surface area contributed by atoms with Gasteiger partial charge in [-0.05, 0) is 109 Å². The molecule has 37 heavy (non-hydrogen) atoms. The molecule has 0 radical (unpaired) electrons. The molecule has 0 N–H and O–H groups in total. The van der Waals surface area contributed by atoms with Gasteiger partial charge < -0.3 is 23.7 Å². The monoisotopic (exact) mass is 506 g/mol. The summed E-state index contributed by atoms with van der Waals surface area (Å²) >= 11 is 0. The summed E-state index contributed by atoms with van der Waals surface area (Å²) in [5, 5.41) is 2.05. The molecule has 0 saturated carbocycles. The fourth-order valence-electron chi connectivity index (χ4n) is 5.39. The number of ether oxygens (including phenoxy) is 5. The summed E-state index contributed by atoms with van der Waals surface area (Å²) < 4.78 is 31.3. The van der Waals surface area contributed by atoms with Gasteiger partial charge in [0, 0.05) is 17.2 Å². The van der Waals surface area contributed by atoms with Crippen LogP contribution in [0, 0.1) is 6.92 Å². The molecular weight excluding hydrogens is 464 g/mol. The molecule has 0 aliphatic carbocycles. The molecule has 1 heterocycles. The van der Waals surface area contributed by atoms with E-state index < -0.39 is 0 Å². The van der Waals surface area contributed by atoms with E-state index >= 15 is 0 Å². The lowest BCUT2D eigenvalue weighted by Gasteiger charge is -2.34. The van der Waals surface area contributed by atoms with E-state index in [4.69, 9.17) is 23.7 Å². The Morgan fingerprint density at radius 2 is 1.41 bits per heavy atom. The molecule has 4 rings (SSSR count). The Morgan fingerprint density at radius 3 is 2.03 bits per heavy atom. The van der Waals surface area contributed by atoms with E-state index in [1.54, 1.807) is 7.11 Å². The van der Waals surface area contributed by atoms with E-state index in [0.717, 1.165) is 62.4 Å². The summed E-state index contributed by atoms with van der Waals surface area (Å²) in [5.41, 5.74) is 5.64. The van der Waals surface area contributed by atoms with Crippen molar-refractivity contribution in [3.05, 3.63) is 47.0 Å². The molecule has 0 unspecified atom stereocenters. The minimum atomic E-state index is -0.0922. The molecule has 200 valence electrons. The van der Waals surface area contributed by atoms with Crippen molar-refractivity contribution in [1.29, 1.82) is 0 Å². The van der Waals surface area contributed by atoms with Crippen molar-refractivity contribution in [3.8, 4) is 34.1 Å². The molecule has 0 aromatic heterocycles. The van der Waals surface area contributed by atoms with Crippen molar-refractivity contribution >= 4 is 10.8 Å². The van der Waals surface area contributed by atoms with Crippen LogP contribution >= 0.6 is 0 Å². The molecule has 0 saturated heterocycles. The largest absolute Gasteiger partial charge is 0.496 e. The van der Waals surface area contributed by atoms with E-state index in [1.807, 2.05) is 13.8 Å². The summed E-state index contributed by atoms with van der Waals surface area (Å²) in [4.78, 5) is 0. The third kappa shape index (κ3) is 5.52. The van der Waals surface area contributed by atoms with Gasteiger partial charge in [0.2, 0.25) is 0 Å². The molecule has 0 fully saturated rings. The molecule has 5 nitrogen and oxygen atoms in total. The van der Waals surface area contributed by atoms with Crippen LogP contribution < -0.4 is 18.9 Å². The van der Waals surface area contributed by atoms with Gasteiger partial charge in [-0.15, -0.1) is 0 Å². The molecule has 0 bridgehead atoms. The predicted octanol–water partition coefficient (Wildman–Crippen LogP) is 8.21. The van der Waals surface area contributed by atoms with Crippen LogP contribution in [-0.4, -0.2) is 31.5 Å². The molecule has 3 aromatic carbocycles. The van der Waals surface area contributed by atoms with E-state index in [1.165, 1.54) is 5.56 Å². The van der Waals surface area contributed by atoms with Crippen molar-refractivity contribution in [2.75, 3.05) is 7.11 Å². The second-order valence-corrected chi connectivity index (χ2v) is 10.9. The summed E-state index contributed by atoms with van der Waals surface area (Å²) in [6.07, 6.45) is 0.837. The minimum absolute atomic E-state index is 0.00414. The fourth-order valence-corrected chi connectivity index (χ4v) is 5.39. The highest BCUT2D eigenvalue weighted by Crippen LogP contribution is 2.50. The summed E-state index contributed by atoms with van der Waals surface area (Å²) in [6.45, 7) is 18.7. The summed E-state index contributed by atoms with van der Waals surface area (Å²) in [5.74, 6) is 3.28. The van der Waals surface area contributed by atoms with Crippen LogP contribution in [0.25, 0.3) is 21.9 Å². The zero-order chi connectivity index (χ0) is 27.0. The number of rotatable bonds is 8. The lowest BCUT2D eigenvalue weighted by molar-refractivity contribution is -0.00675. The zero-order valence-corrected chi connectivity index (χ0v) is 24.0. The van der Waals surface area contributed by atoms with Crippen LogP contribution in [0.15, 0.2) is 30.3 Å². The number of benzene rings is 3. The number of hydrogen-bond donors (Lipinski definition) is 0. The number of hydrogen-bond acceptors (Lipinski definition) is 5. The van der Waals surface area contributed by atoms with Gasteiger partial charge in [0.1, 0.15) is 23.0 Å². The summed E-state index contributed by atoms with van der Waals surface area (Å²) in [6, 6.07) is 10.6. The molecular formula is C32H42O5. The minimum Gasteiger partial charge on any atom is -0.496 e. The lowest BCUT2D eigenvalue weighted by atomic mass is 9.84. The van der Waals surface area contributed by atoms with Crippen molar-refractivity contribution in [3.63, 3.8) is 0 Å². The molecule has 2 atom stereocenters. The van der Waals surface area contributed by atoms with Crippen LogP contribution in [0.2, 0.25) is 0 Å². The number of fused-ring (bicyclic) bond motifs is 2.